The molecule has 0 unspecified atom stereocenters. The highest BCUT2D eigenvalue weighted by atomic mass is 32.2. The van der Waals surface area contributed by atoms with Crippen LogP contribution < -0.4 is 4.89 Å². The monoisotopic (exact) mass is 283 g/mol. The van der Waals surface area contributed by atoms with Gasteiger partial charge in [-0.1, -0.05) is 11.0 Å². The summed E-state index contributed by atoms with van der Waals surface area (Å²) >= 11 is 0. The molecule has 8 heteroatoms. The number of nitrogens with one attached hydrogen (secondary N) is 1. The van der Waals surface area contributed by atoms with Crippen molar-refractivity contribution in [3.8, 4) is 0 Å². The predicted molar refractivity (Wildman–Crippen MR) is 58.2 cm³/mol. The fourth-order valence-corrected chi connectivity index (χ4v) is 2.32. The minimum Gasteiger partial charge on any atom is -0.277 e. The van der Waals surface area contributed by atoms with E-state index in [1.54, 1.807) is 19.9 Å². The Morgan fingerprint density at radius 3 is 2.11 bits per heavy atom. The van der Waals surface area contributed by atoms with Gasteiger partial charge in [0.25, 0.3) is 10.0 Å². The van der Waals surface area contributed by atoms with Gasteiger partial charge in [-0.25, -0.2) is 8.42 Å². The first-order valence-electron chi connectivity index (χ1n) is 4.89. The maximum absolute atomic E-state index is 11.8. The Bertz CT molecular complexity index is 505. The molecule has 1 aromatic carbocycles. The molecule has 4 nitrogen and oxygen atoms in total. The summed E-state index contributed by atoms with van der Waals surface area (Å²) < 4.78 is 58.6. The Balaban J connectivity index is 2.80. The zero-order valence-corrected chi connectivity index (χ0v) is 10.5. The van der Waals surface area contributed by atoms with Crippen molar-refractivity contribution in [3.05, 3.63) is 29.3 Å². The van der Waals surface area contributed by atoms with Gasteiger partial charge in [0.1, 0.15) is 0 Å². The van der Waals surface area contributed by atoms with E-state index in [0.29, 0.717) is 11.1 Å². The van der Waals surface area contributed by atoms with E-state index < -0.39 is 22.8 Å². The highest BCUT2D eigenvalue weighted by Gasteiger charge is 2.29. The SMILES string of the molecule is Cc1cc(C)cc(S(=O)(=O)NOCC(F)(F)F)c1. The average molecular weight is 283 g/mol. The lowest BCUT2D eigenvalue weighted by atomic mass is 10.2. The van der Waals surface area contributed by atoms with Crippen molar-refractivity contribution in [2.75, 3.05) is 6.61 Å². The molecule has 1 aromatic rings. The molecule has 0 aliphatic carbocycles. The fourth-order valence-electron chi connectivity index (χ4n) is 1.33. The zero-order valence-electron chi connectivity index (χ0n) is 9.71. The molecule has 0 heterocycles. The van der Waals surface area contributed by atoms with E-state index in [4.69, 9.17) is 0 Å². The molecule has 0 aliphatic heterocycles. The van der Waals surface area contributed by atoms with Gasteiger partial charge in [-0.15, -0.1) is 0 Å². The van der Waals surface area contributed by atoms with Crippen LogP contribution in [0, 0.1) is 13.8 Å². The van der Waals surface area contributed by atoms with Crippen LogP contribution in [0.2, 0.25) is 0 Å². The number of halogens is 3. The Morgan fingerprint density at radius 1 is 1.17 bits per heavy atom. The number of aryl methyl sites for hydroxylation is 2. The van der Waals surface area contributed by atoms with Gasteiger partial charge >= 0.3 is 6.18 Å². The minimum atomic E-state index is -4.59. The third-order valence-electron chi connectivity index (χ3n) is 1.91. The second-order valence-corrected chi connectivity index (χ2v) is 5.46. The van der Waals surface area contributed by atoms with Crippen molar-refractivity contribution in [2.45, 2.75) is 24.9 Å². The maximum Gasteiger partial charge on any atom is 0.413 e. The van der Waals surface area contributed by atoms with Crippen LogP contribution in [0.25, 0.3) is 0 Å². The Labute approximate surface area is 103 Å². The number of benzene rings is 1. The van der Waals surface area contributed by atoms with E-state index in [9.17, 15) is 21.6 Å². The van der Waals surface area contributed by atoms with Crippen molar-refractivity contribution in [1.82, 2.24) is 4.89 Å². The summed E-state index contributed by atoms with van der Waals surface area (Å²) in [4.78, 5) is 5.24. The second kappa shape index (κ2) is 5.25. The quantitative estimate of drug-likeness (QED) is 0.861. The molecule has 0 atom stereocenters. The van der Waals surface area contributed by atoms with E-state index in [1.807, 2.05) is 0 Å². The summed E-state index contributed by atoms with van der Waals surface area (Å²) in [5, 5.41) is 0. The standard InChI is InChI=1S/C10H12F3NO3S/c1-7-3-8(2)5-9(4-7)18(15,16)14-17-6-10(11,12)13/h3-5,14H,6H2,1-2H3. The van der Waals surface area contributed by atoms with Crippen LogP contribution in [-0.4, -0.2) is 21.2 Å². The lowest BCUT2D eigenvalue weighted by Crippen LogP contribution is -2.29. The van der Waals surface area contributed by atoms with Gasteiger partial charge < -0.3 is 0 Å². The molecule has 0 fully saturated rings. The van der Waals surface area contributed by atoms with E-state index >= 15 is 0 Å². The molecular formula is C10H12F3NO3S. The number of sulfonamides is 1. The first kappa shape index (κ1) is 14.9. The largest absolute Gasteiger partial charge is 0.413 e. The summed E-state index contributed by atoms with van der Waals surface area (Å²) in [6.07, 6.45) is -4.59. The second-order valence-electron chi connectivity index (χ2n) is 3.81. The van der Waals surface area contributed by atoms with Gasteiger partial charge in [0.2, 0.25) is 0 Å². The van der Waals surface area contributed by atoms with Crippen LogP contribution in [0.1, 0.15) is 11.1 Å². The molecule has 0 aliphatic rings. The van der Waals surface area contributed by atoms with Crippen LogP contribution in [0.15, 0.2) is 23.1 Å². The van der Waals surface area contributed by atoms with Gasteiger partial charge in [-0.2, -0.15) is 13.2 Å². The molecule has 0 saturated carbocycles. The molecule has 0 bridgehead atoms. The Morgan fingerprint density at radius 2 is 1.67 bits per heavy atom. The average Bonchev–Trinajstić information content (AvgIpc) is 2.13. The lowest BCUT2D eigenvalue weighted by molar-refractivity contribution is -0.181. The van der Waals surface area contributed by atoms with Gasteiger partial charge in [-0.3, -0.25) is 4.84 Å². The summed E-state index contributed by atoms with van der Waals surface area (Å²) in [6, 6.07) is 4.42. The zero-order chi connectivity index (χ0) is 14.0. The summed E-state index contributed by atoms with van der Waals surface area (Å²) in [5.74, 6) is 0. The van der Waals surface area contributed by atoms with Gasteiger partial charge in [-0.05, 0) is 37.1 Å². The minimum absolute atomic E-state index is 0.137. The van der Waals surface area contributed by atoms with E-state index in [1.165, 1.54) is 17.0 Å². The van der Waals surface area contributed by atoms with Crippen molar-refractivity contribution in [3.63, 3.8) is 0 Å². The molecule has 0 radical (unpaired) electrons. The number of hydrogen-bond donors (Lipinski definition) is 1. The smallest absolute Gasteiger partial charge is 0.277 e. The van der Waals surface area contributed by atoms with Gasteiger partial charge in [0, 0.05) is 0 Å². The molecule has 102 valence electrons. The molecule has 1 N–H and O–H groups in total. The van der Waals surface area contributed by atoms with Crippen LogP contribution >= 0.6 is 0 Å². The van der Waals surface area contributed by atoms with Gasteiger partial charge in [0.05, 0.1) is 4.90 Å². The number of alkyl halides is 3. The molecule has 1 rings (SSSR count). The third kappa shape index (κ3) is 4.63. The molecular weight excluding hydrogens is 271 g/mol. The van der Waals surface area contributed by atoms with Gasteiger partial charge in [0.15, 0.2) is 6.61 Å². The summed E-state index contributed by atoms with van der Waals surface area (Å²) in [5.41, 5.74) is 1.37. The molecule has 18 heavy (non-hydrogen) atoms. The van der Waals surface area contributed by atoms with Crippen molar-refractivity contribution < 1.29 is 26.4 Å². The maximum atomic E-state index is 11.8. The molecule has 0 amide bonds. The van der Waals surface area contributed by atoms with Crippen LogP contribution in [0.3, 0.4) is 0 Å². The third-order valence-corrected chi connectivity index (χ3v) is 3.10. The Hall–Kier alpha value is -1.12. The van der Waals surface area contributed by atoms with Crippen molar-refractivity contribution in [2.24, 2.45) is 0 Å². The normalized spacial score (nSPS) is 12.7. The fraction of sp³-hybridized carbons (Fsp3) is 0.400. The van der Waals surface area contributed by atoms with Crippen LogP contribution in [0.4, 0.5) is 13.2 Å². The number of rotatable bonds is 4. The van der Waals surface area contributed by atoms with E-state index in [-0.39, 0.29) is 4.90 Å². The van der Waals surface area contributed by atoms with Crippen molar-refractivity contribution in [1.29, 1.82) is 0 Å². The highest BCUT2D eigenvalue weighted by molar-refractivity contribution is 7.89. The van der Waals surface area contributed by atoms with Crippen molar-refractivity contribution >= 4 is 10.0 Å². The topological polar surface area (TPSA) is 55.4 Å². The lowest BCUT2D eigenvalue weighted by Gasteiger charge is -2.10. The van der Waals surface area contributed by atoms with E-state index in [0.717, 1.165) is 0 Å². The predicted octanol–water partition coefficient (Wildman–Crippen LogP) is 2.08. The molecule has 0 saturated heterocycles. The number of hydrogen-bond acceptors (Lipinski definition) is 3. The first-order chi connectivity index (χ1) is 8.10. The first-order valence-corrected chi connectivity index (χ1v) is 6.37. The summed E-state index contributed by atoms with van der Waals surface area (Å²) in [7, 11) is -4.10. The van der Waals surface area contributed by atoms with Crippen LogP contribution in [-0.2, 0) is 14.9 Å². The van der Waals surface area contributed by atoms with E-state index in [2.05, 4.69) is 4.84 Å². The van der Waals surface area contributed by atoms with Crippen LogP contribution in [0.5, 0.6) is 0 Å². The molecule has 0 spiro atoms. The highest BCUT2D eigenvalue weighted by Crippen LogP contribution is 2.16. The Kier molecular flexibility index (Phi) is 4.36. The molecule has 0 aromatic heterocycles. The summed E-state index contributed by atoms with van der Waals surface area (Å²) in [6.45, 7) is 1.68.